The number of furan rings is 1. The van der Waals surface area contributed by atoms with Crippen molar-refractivity contribution in [3.63, 3.8) is 0 Å². The summed E-state index contributed by atoms with van der Waals surface area (Å²) in [6.45, 7) is 0. The van der Waals surface area contributed by atoms with Crippen molar-refractivity contribution in [1.29, 1.82) is 0 Å². The van der Waals surface area contributed by atoms with Crippen LogP contribution in [0.25, 0.3) is 87.8 Å². The topological polar surface area (TPSA) is 51.8 Å². The fraction of sp³-hybridized carbons (Fsp3) is 0. The highest BCUT2D eigenvalue weighted by molar-refractivity contribution is 7.21. The van der Waals surface area contributed by atoms with Crippen molar-refractivity contribution in [3.05, 3.63) is 152 Å². The van der Waals surface area contributed by atoms with Crippen molar-refractivity contribution >= 4 is 43.5 Å². The first-order valence-electron chi connectivity index (χ1n) is 15.2. The van der Waals surface area contributed by atoms with E-state index in [2.05, 4.69) is 103 Å². The zero-order valence-electron chi connectivity index (χ0n) is 24.6. The van der Waals surface area contributed by atoms with Crippen LogP contribution in [0.4, 0.5) is 0 Å². The summed E-state index contributed by atoms with van der Waals surface area (Å²) in [6, 6.07) is 52.0. The third-order valence-electron chi connectivity index (χ3n) is 8.37. The highest BCUT2D eigenvalue weighted by Gasteiger charge is 2.20. The molecule has 216 valence electrons. The number of hydrogen-bond acceptors (Lipinski definition) is 5. The van der Waals surface area contributed by atoms with E-state index < -0.39 is 0 Å². The molecule has 0 spiro atoms. The summed E-state index contributed by atoms with van der Waals surface area (Å²) in [4.78, 5) is 15.3. The monoisotopic (exact) mass is 607 g/mol. The minimum atomic E-state index is 0.655. The standard InChI is InChI=1S/C41H25N3OS/c1-3-11-26(12-4-1)27-21-23-29(24-22-27)35-25-34(28-13-5-2-6-14-28)42-40(43-35)31-16-10-19-36-38(31)30-15-9-17-32(39(30)45-36)41-44-33-18-7-8-20-37(33)46-41/h1-25H. The van der Waals surface area contributed by atoms with E-state index in [9.17, 15) is 0 Å². The maximum absolute atomic E-state index is 6.59. The molecule has 0 aliphatic heterocycles. The summed E-state index contributed by atoms with van der Waals surface area (Å²) in [6.07, 6.45) is 0. The quantitative estimate of drug-likeness (QED) is 0.195. The second-order valence-electron chi connectivity index (χ2n) is 11.2. The Morgan fingerprint density at radius 2 is 1.09 bits per heavy atom. The molecule has 9 aromatic rings. The molecule has 0 saturated heterocycles. The fourth-order valence-electron chi connectivity index (χ4n) is 6.13. The third kappa shape index (κ3) is 4.57. The molecular formula is C41H25N3OS. The highest BCUT2D eigenvalue weighted by atomic mass is 32.1. The summed E-state index contributed by atoms with van der Waals surface area (Å²) in [7, 11) is 0. The van der Waals surface area contributed by atoms with E-state index in [1.165, 1.54) is 11.1 Å². The van der Waals surface area contributed by atoms with Gasteiger partial charge in [0.15, 0.2) is 5.82 Å². The van der Waals surface area contributed by atoms with Gasteiger partial charge in [-0.1, -0.05) is 121 Å². The number of nitrogens with zero attached hydrogens (tertiary/aromatic N) is 3. The maximum atomic E-state index is 6.59. The van der Waals surface area contributed by atoms with Gasteiger partial charge in [0, 0.05) is 27.5 Å². The zero-order valence-corrected chi connectivity index (χ0v) is 25.4. The Morgan fingerprint density at radius 1 is 0.478 bits per heavy atom. The van der Waals surface area contributed by atoms with Gasteiger partial charge in [-0.2, -0.15) is 0 Å². The van der Waals surface area contributed by atoms with Crippen LogP contribution in [0.2, 0.25) is 0 Å². The molecule has 46 heavy (non-hydrogen) atoms. The van der Waals surface area contributed by atoms with E-state index >= 15 is 0 Å². The first-order chi connectivity index (χ1) is 22.8. The third-order valence-corrected chi connectivity index (χ3v) is 9.44. The van der Waals surface area contributed by atoms with E-state index in [1.54, 1.807) is 11.3 Å². The van der Waals surface area contributed by atoms with Gasteiger partial charge in [0.05, 0.1) is 27.2 Å². The Kier molecular flexibility index (Phi) is 6.28. The smallest absolute Gasteiger partial charge is 0.161 e. The second kappa shape index (κ2) is 10.9. The van der Waals surface area contributed by atoms with E-state index in [1.807, 2.05) is 48.5 Å². The minimum absolute atomic E-state index is 0.655. The van der Waals surface area contributed by atoms with E-state index in [4.69, 9.17) is 19.4 Å². The van der Waals surface area contributed by atoms with Crippen molar-refractivity contribution in [2.24, 2.45) is 0 Å². The normalized spacial score (nSPS) is 11.5. The summed E-state index contributed by atoms with van der Waals surface area (Å²) in [5.74, 6) is 0.655. The Morgan fingerprint density at radius 3 is 1.85 bits per heavy atom. The second-order valence-corrected chi connectivity index (χ2v) is 12.3. The molecule has 0 bridgehead atoms. The van der Waals surface area contributed by atoms with Crippen LogP contribution in [0, 0.1) is 0 Å². The predicted molar refractivity (Wildman–Crippen MR) is 190 cm³/mol. The Labute approximate surface area is 269 Å². The number of aromatic nitrogens is 3. The maximum Gasteiger partial charge on any atom is 0.161 e. The first kappa shape index (κ1) is 26.5. The molecule has 0 aliphatic carbocycles. The Bertz CT molecular complexity index is 2480. The van der Waals surface area contributed by atoms with Crippen molar-refractivity contribution in [1.82, 2.24) is 15.0 Å². The van der Waals surface area contributed by atoms with E-state index in [0.717, 1.165) is 70.8 Å². The molecule has 3 heterocycles. The molecule has 9 rings (SSSR count). The average molecular weight is 608 g/mol. The van der Waals surface area contributed by atoms with Crippen molar-refractivity contribution in [3.8, 4) is 55.6 Å². The molecule has 0 radical (unpaired) electrons. The predicted octanol–water partition coefficient (Wildman–Crippen LogP) is 11.3. The molecule has 6 aromatic carbocycles. The van der Waals surface area contributed by atoms with E-state index in [-0.39, 0.29) is 0 Å². The van der Waals surface area contributed by atoms with Gasteiger partial charge in [-0.25, -0.2) is 15.0 Å². The summed E-state index contributed by atoms with van der Waals surface area (Å²) >= 11 is 1.68. The molecule has 5 heteroatoms. The lowest BCUT2D eigenvalue weighted by molar-refractivity contribution is 0.670. The van der Waals surface area contributed by atoms with Gasteiger partial charge in [-0.15, -0.1) is 11.3 Å². The number of rotatable bonds is 5. The van der Waals surface area contributed by atoms with Crippen molar-refractivity contribution in [2.45, 2.75) is 0 Å². The molecule has 0 saturated carbocycles. The number of fused-ring (bicyclic) bond motifs is 4. The summed E-state index contributed by atoms with van der Waals surface area (Å²) < 4.78 is 7.75. The molecule has 0 amide bonds. The first-order valence-corrected chi connectivity index (χ1v) is 16.0. The van der Waals surface area contributed by atoms with Crippen LogP contribution in [0.5, 0.6) is 0 Å². The molecule has 0 fully saturated rings. The SMILES string of the molecule is c1ccc(-c2ccc(-c3cc(-c4ccccc4)nc(-c4cccc5oc6c(-c7nc8ccccc8s7)cccc6c45)n3)cc2)cc1. The summed E-state index contributed by atoms with van der Waals surface area (Å²) in [5, 5.41) is 2.96. The van der Waals surface area contributed by atoms with Crippen LogP contribution in [0.3, 0.4) is 0 Å². The number of benzene rings is 6. The molecule has 4 nitrogen and oxygen atoms in total. The molecule has 0 aliphatic rings. The lowest BCUT2D eigenvalue weighted by Gasteiger charge is -2.11. The number of hydrogen-bond donors (Lipinski definition) is 0. The highest BCUT2D eigenvalue weighted by Crippen LogP contribution is 2.42. The van der Waals surface area contributed by atoms with Gasteiger partial charge in [0.25, 0.3) is 0 Å². The molecular weight excluding hydrogens is 583 g/mol. The number of thiazole rings is 1. The van der Waals surface area contributed by atoms with Gasteiger partial charge in [-0.05, 0) is 41.5 Å². The molecule has 0 atom stereocenters. The lowest BCUT2D eigenvalue weighted by atomic mass is 10.0. The zero-order chi connectivity index (χ0) is 30.5. The van der Waals surface area contributed by atoms with Crippen molar-refractivity contribution < 1.29 is 4.42 Å². The van der Waals surface area contributed by atoms with Gasteiger partial charge < -0.3 is 4.42 Å². The van der Waals surface area contributed by atoms with Crippen LogP contribution >= 0.6 is 11.3 Å². The Hall–Kier alpha value is -5.91. The van der Waals surface area contributed by atoms with Gasteiger partial charge in [0.2, 0.25) is 0 Å². The number of para-hydroxylation sites is 2. The van der Waals surface area contributed by atoms with Crippen LogP contribution < -0.4 is 0 Å². The average Bonchev–Trinajstić information content (AvgIpc) is 3.74. The molecule has 0 unspecified atom stereocenters. The van der Waals surface area contributed by atoms with Crippen LogP contribution in [0.15, 0.2) is 156 Å². The van der Waals surface area contributed by atoms with Gasteiger partial charge in [0.1, 0.15) is 16.2 Å². The molecule has 3 aromatic heterocycles. The van der Waals surface area contributed by atoms with Crippen LogP contribution in [-0.4, -0.2) is 15.0 Å². The van der Waals surface area contributed by atoms with Gasteiger partial charge >= 0.3 is 0 Å². The van der Waals surface area contributed by atoms with Crippen molar-refractivity contribution in [2.75, 3.05) is 0 Å². The van der Waals surface area contributed by atoms with Crippen LogP contribution in [0.1, 0.15) is 0 Å². The summed E-state index contributed by atoms with van der Waals surface area (Å²) in [5.41, 5.74) is 10.7. The Balaban J connectivity index is 1.23. The van der Waals surface area contributed by atoms with E-state index in [0.29, 0.717) is 5.82 Å². The molecule has 0 N–H and O–H groups in total. The minimum Gasteiger partial charge on any atom is -0.455 e. The van der Waals surface area contributed by atoms with Crippen LogP contribution in [-0.2, 0) is 0 Å². The lowest BCUT2D eigenvalue weighted by Crippen LogP contribution is -1.96. The fourth-order valence-corrected chi connectivity index (χ4v) is 7.11. The van der Waals surface area contributed by atoms with Gasteiger partial charge in [-0.3, -0.25) is 0 Å². The largest absolute Gasteiger partial charge is 0.455 e.